The maximum absolute atomic E-state index is 12.8. The molecule has 0 aromatic heterocycles. The molecule has 0 saturated heterocycles. The first-order valence-electron chi connectivity index (χ1n) is 8.70. The smallest absolute Gasteiger partial charge is 0.251 e. The van der Waals surface area contributed by atoms with Crippen molar-refractivity contribution in [3.05, 3.63) is 58.1 Å². The molecule has 1 amide bonds. The molecule has 0 radical (unpaired) electrons. The largest absolute Gasteiger partial charge is 0.489 e. The second kappa shape index (κ2) is 6.96. The number of aryl methyl sites for hydroxylation is 1. The highest BCUT2D eigenvalue weighted by Gasteiger charge is 2.24. The summed E-state index contributed by atoms with van der Waals surface area (Å²) in [5, 5.41) is 3.56. The van der Waals surface area contributed by atoms with Crippen LogP contribution in [0.15, 0.2) is 36.4 Å². The molecular weight excluding hydrogens is 338 g/mol. The van der Waals surface area contributed by atoms with E-state index in [1.807, 2.05) is 12.1 Å². The molecule has 2 aliphatic rings. The van der Waals surface area contributed by atoms with Gasteiger partial charge >= 0.3 is 0 Å². The van der Waals surface area contributed by atoms with E-state index < -0.39 is 0 Å². The minimum atomic E-state index is -0.140. The number of nitrogens with one attached hydrogen (secondary N) is 1. The Morgan fingerprint density at radius 2 is 1.96 bits per heavy atom. The molecule has 1 atom stereocenters. The Morgan fingerprint density at radius 3 is 2.88 bits per heavy atom. The second-order valence-electron chi connectivity index (χ2n) is 6.45. The van der Waals surface area contributed by atoms with E-state index in [2.05, 4.69) is 17.4 Å². The number of carbonyl (C=O) groups excluding carboxylic acids is 1. The van der Waals surface area contributed by atoms with E-state index in [1.165, 1.54) is 11.1 Å². The summed E-state index contributed by atoms with van der Waals surface area (Å²) in [5.41, 5.74) is 3.02. The van der Waals surface area contributed by atoms with Crippen molar-refractivity contribution in [1.29, 1.82) is 0 Å². The fraction of sp³-hybridized carbons (Fsp3) is 0.350. The zero-order chi connectivity index (χ0) is 17.2. The summed E-state index contributed by atoms with van der Waals surface area (Å²) in [6.45, 7) is 1.13. The van der Waals surface area contributed by atoms with Gasteiger partial charge in [-0.3, -0.25) is 4.79 Å². The van der Waals surface area contributed by atoms with Crippen LogP contribution >= 0.6 is 11.6 Å². The third-order valence-corrected chi connectivity index (χ3v) is 5.02. The van der Waals surface area contributed by atoms with Crippen LogP contribution in [-0.4, -0.2) is 19.1 Å². The third kappa shape index (κ3) is 3.31. The number of ether oxygens (including phenoxy) is 2. The highest BCUT2D eigenvalue weighted by Crippen LogP contribution is 2.38. The molecule has 0 bridgehead atoms. The normalized spacial score (nSPS) is 18.8. The van der Waals surface area contributed by atoms with Gasteiger partial charge in [0.15, 0.2) is 11.5 Å². The van der Waals surface area contributed by atoms with Gasteiger partial charge in [-0.05, 0) is 42.5 Å². The van der Waals surface area contributed by atoms with E-state index in [9.17, 15) is 4.79 Å². The molecule has 1 aliphatic carbocycles. The summed E-state index contributed by atoms with van der Waals surface area (Å²) < 4.78 is 11.3. The molecule has 0 spiro atoms. The van der Waals surface area contributed by atoms with Crippen LogP contribution in [0.5, 0.6) is 11.5 Å². The number of amides is 1. The highest BCUT2D eigenvalue weighted by atomic mass is 35.5. The van der Waals surface area contributed by atoms with Gasteiger partial charge in [-0.1, -0.05) is 35.9 Å². The maximum Gasteiger partial charge on any atom is 0.251 e. The van der Waals surface area contributed by atoms with Gasteiger partial charge in [-0.15, -0.1) is 0 Å². The summed E-state index contributed by atoms with van der Waals surface area (Å²) in [6.07, 6.45) is 3.88. The molecule has 4 nitrogen and oxygen atoms in total. The van der Waals surface area contributed by atoms with Gasteiger partial charge in [-0.2, -0.15) is 0 Å². The summed E-state index contributed by atoms with van der Waals surface area (Å²) in [5.74, 6) is 0.928. The predicted molar refractivity (Wildman–Crippen MR) is 96.6 cm³/mol. The number of fused-ring (bicyclic) bond motifs is 2. The lowest BCUT2D eigenvalue weighted by Gasteiger charge is -2.26. The summed E-state index contributed by atoms with van der Waals surface area (Å²) in [4.78, 5) is 12.8. The number of hydrogen-bond donors (Lipinski definition) is 1. The first kappa shape index (κ1) is 16.3. The van der Waals surface area contributed by atoms with Crippen LogP contribution in [0.4, 0.5) is 0 Å². The van der Waals surface area contributed by atoms with Crippen molar-refractivity contribution in [2.45, 2.75) is 31.7 Å². The monoisotopic (exact) mass is 357 g/mol. The van der Waals surface area contributed by atoms with Crippen molar-refractivity contribution < 1.29 is 14.3 Å². The Labute approximate surface area is 152 Å². The summed E-state index contributed by atoms with van der Waals surface area (Å²) in [6, 6.07) is 11.7. The number of rotatable bonds is 2. The number of hydrogen-bond acceptors (Lipinski definition) is 3. The van der Waals surface area contributed by atoms with Gasteiger partial charge in [-0.25, -0.2) is 0 Å². The van der Waals surface area contributed by atoms with Gasteiger partial charge in [0.1, 0.15) is 0 Å². The highest BCUT2D eigenvalue weighted by molar-refractivity contribution is 6.32. The fourth-order valence-electron chi connectivity index (χ4n) is 3.51. The lowest BCUT2D eigenvalue weighted by atomic mass is 9.87. The molecule has 2 aromatic carbocycles. The van der Waals surface area contributed by atoms with Crippen molar-refractivity contribution in [2.24, 2.45) is 0 Å². The molecule has 1 heterocycles. The number of benzene rings is 2. The van der Waals surface area contributed by atoms with Crippen LogP contribution < -0.4 is 14.8 Å². The van der Waals surface area contributed by atoms with Gasteiger partial charge < -0.3 is 14.8 Å². The molecule has 1 N–H and O–H groups in total. The van der Waals surface area contributed by atoms with E-state index in [0.29, 0.717) is 35.3 Å². The van der Waals surface area contributed by atoms with Crippen molar-refractivity contribution in [1.82, 2.24) is 5.32 Å². The number of carbonyl (C=O) groups is 1. The van der Waals surface area contributed by atoms with Crippen LogP contribution in [0.3, 0.4) is 0 Å². The Kier molecular flexibility index (Phi) is 4.53. The lowest BCUT2D eigenvalue weighted by molar-refractivity contribution is 0.0932. The standard InChI is InChI=1S/C20H20ClNO3/c21-16-11-14(12-18-19(16)25-10-4-9-24-18)20(23)22-17-8-3-6-13-5-1-2-7-15(13)17/h1-2,5,7,11-12,17H,3-4,6,8-10H2,(H,22,23)/t17-/m0/s1. The van der Waals surface area contributed by atoms with Crippen LogP contribution in [0.25, 0.3) is 0 Å². The number of halogens is 1. The molecular formula is C20H20ClNO3. The molecule has 130 valence electrons. The molecule has 5 heteroatoms. The average molecular weight is 358 g/mol. The topological polar surface area (TPSA) is 47.6 Å². The van der Waals surface area contributed by atoms with E-state index in [0.717, 1.165) is 25.7 Å². The minimum Gasteiger partial charge on any atom is -0.489 e. The molecule has 25 heavy (non-hydrogen) atoms. The van der Waals surface area contributed by atoms with E-state index >= 15 is 0 Å². The Balaban J connectivity index is 1.58. The maximum atomic E-state index is 12.8. The minimum absolute atomic E-state index is 0.0344. The zero-order valence-electron chi connectivity index (χ0n) is 13.9. The van der Waals surface area contributed by atoms with Gasteiger partial charge in [0.2, 0.25) is 0 Å². The van der Waals surface area contributed by atoms with Gasteiger partial charge in [0.05, 0.1) is 24.3 Å². The Bertz CT molecular complexity index is 806. The molecule has 4 rings (SSSR count). The second-order valence-corrected chi connectivity index (χ2v) is 6.86. The van der Waals surface area contributed by atoms with E-state index in [4.69, 9.17) is 21.1 Å². The molecule has 1 aliphatic heterocycles. The van der Waals surface area contributed by atoms with Crippen LogP contribution in [-0.2, 0) is 6.42 Å². The predicted octanol–water partition coefficient (Wildman–Crippen LogP) is 4.31. The zero-order valence-corrected chi connectivity index (χ0v) is 14.6. The third-order valence-electron chi connectivity index (χ3n) is 4.74. The SMILES string of the molecule is O=C(N[C@H]1CCCc2ccccc21)c1cc(Cl)c2c(c1)OCCCO2. The van der Waals surface area contributed by atoms with Gasteiger partial charge in [0.25, 0.3) is 5.91 Å². The Morgan fingerprint density at radius 1 is 1.12 bits per heavy atom. The lowest BCUT2D eigenvalue weighted by Crippen LogP contribution is -2.31. The summed E-state index contributed by atoms with van der Waals surface area (Å²) >= 11 is 6.30. The van der Waals surface area contributed by atoms with Gasteiger partial charge in [0, 0.05) is 12.0 Å². The van der Waals surface area contributed by atoms with E-state index in [-0.39, 0.29) is 11.9 Å². The van der Waals surface area contributed by atoms with Crippen molar-refractivity contribution in [2.75, 3.05) is 13.2 Å². The molecule has 2 aromatic rings. The van der Waals surface area contributed by atoms with Crippen molar-refractivity contribution in [3.8, 4) is 11.5 Å². The van der Waals surface area contributed by atoms with E-state index in [1.54, 1.807) is 12.1 Å². The molecule has 0 fully saturated rings. The van der Waals surface area contributed by atoms with Crippen LogP contribution in [0.2, 0.25) is 5.02 Å². The van der Waals surface area contributed by atoms with Crippen LogP contribution in [0.1, 0.15) is 46.8 Å². The molecule has 0 saturated carbocycles. The quantitative estimate of drug-likeness (QED) is 0.871. The first-order chi connectivity index (χ1) is 12.2. The molecule has 0 unspecified atom stereocenters. The van der Waals surface area contributed by atoms with Crippen molar-refractivity contribution in [3.63, 3.8) is 0 Å². The summed E-state index contributed by atoms with van der Waals surface area (Å²) in [7, 11) is 0. The fourth-order valence-corrected chi connectivity index (χ4v) is 3.77. The first-order valence-corrected chi connectivity index (χ1v) is 9.08. The van der Waals surface area contributed by atoms with Crippen molar-refractivity contribution >= 4 is 17.5 Å². The Hall–Kier alpha value is -2.20. The van der Waals surface area contributed by atoms with Crippen LogP contribution in [0, 0.1) is 0 Å². The average Bonchev–Trinajstić information content (AvgIpc) is 2.88.